The fourth-order valence-electron chi connectivity index (χ4n) is 3.08. The van der Waals surface area contributed by atoms with Crippen LogP contribution in [0.3, 0.4) is 0 Å². The first-order valence-electron chi connectivity index (χ1n) is 8.21. The Balaban J connectivity index is 2.32. The van der Waals surface area contributed by atoms with E-state index in [1.807, 2.05) is 17.9 Å². The fourth-order valence-corrected chi connectivity index (χ4v) is 3.08. The minimum atomic E-state index is -0.860. The van der Waals surface area contributed by atoms with Gasteiger partial charge >= 0.3 is 0 Å². The molecule has 1 amide bonds. The molecule has 0 aromatic carbocycles. The van der Waals surface area contributed by atoms with Gasteiger partial charge in [0.05, 0.1) is 5.56 Å². The molecule has 2 aromatic rings. The average Bonchev–Trinajstić information content (AvgIpc) is 2.62. The second kappa shape index (κ2) is 6.77. The lowest BCUT2D eigenvalue weighted by Gasteiger charge is -2.29. The number of anilines is 1. The Morgan fingerprint density at radius 1 is 1.36 bits per heavy atom. The zero-order valence-corrected chi connectivity index (χ0v) is 14.0. The van der Waals surface area contributed by atoms with Gasteiger partial charge in [-0.05, 0) is 43.9 Å². The van der Waals surface area contributed by atoms with E-state index >= 15 is 0 Å². The largest absolute Gasteiger partial charge is 0.365 e. The van der Waals surface area contributed by atoms with E-state index in [0.717, 1.165) is 37.9 Å². The Morgan fingerprint density at radius 3 is 2.72 bits per heavy atom. The predicted octanol–water partition coefficient (Wildman–Crippen LogP) is 1.39. The molecule has 2 aromatic heterocycles. The molecule has 3 rings (SSSR count). The molecule has 1 fully saturated rings. The Morgan fingerprint density at radius 2 is 2.08 bits per heavy atom. The molecule has 1 aliphatic heterocycles. The number of fused-ring (bicyclic) bond motifs is 1. The predicted molar refractivity (Wildman–Crippen MR) is 95.0 cm³/mol. The molecule has 25 heavy (non-hydrogen) atoms. The lowest BCUT2D eigenvalue weighted by atomic mass is 10.1. The van der Waals surface area contributed by atoms with Crippen LogP contribution in [0.4, 0.5) is 5.82 Å². The van der Waals surface area contributed by atoms with Gasteiger partial charge in [-0.15, -0.1) is 0 Å². The van der Waals surface area contributed by atoms with Crippen LogP contribution >= 0.6 is 0 Å². The van der Waals surface area contributed by atoms with Gasteiger partial charge in [0.1, 0.15) is 23.1 Å². The van der Waals surface area contributed by atoms with E-state index in [1.54, 1.807) is 18.3 Å². The van der Waals surface area contributed by atoms with Crippen molar-refractivity contribution in [1.82, 2.24) is 9.38 Å². The van der Waals surface area contributed by atoms with Gasteiger partial charge in [-0.1, -0.05) is 6.07 Å². The van der Waals surface area contributed by atoms with Gasteiger partial charge in [0.25, 0.3) is 11.5 Å². The third-order valence-corrected chi connectivity index (χ3v) is 4.39. The van der Waals surface area contributed by atoms with Crippen molar-refractivity contribution in [2.75, 3.05) is 18.0 Å². The van der Waals surface area contributed by atoms with Gasteiger partial charge in [-0.3, -0.25) is 14.0 Å². The topological polar surface area (TPSA) is 104 Å². The van der Waals surface area contributed by atoms with Gasteiger partial charge < -0.3 is 10.6 Å². The summed E-state index contributed by atoms with van der Waals surface area (Å²) in [6.45, 7) is 3.46. The molecule has 0 aliphatic carbocycles. The standard InChI is InChI=1S/C18H19N5O2/c1-12-6-5-9-23-16(12)21-17(22-7-3-2-4-8-22)14(18(23)25)10-13(11-19)15(20)24/h5-6,9-10H,2-4,7-8H2,1H3,(H2,20,24)/b13-10-. The summed E-state index contributed by atoms with van der Waals surface area (Å²) in [5, 5.41) is 9.15. The number of nitrogens with zero attached hydrogens (tertiary/aromatic N) is 4. The number of aryl methyl sites for hydroxylation is 1. The maximum absolute atomic E-state index is 13.0. The summed E-state index contributed by atoms with van der Waals surface area (Å²) < 4.78 is 1.44. The Labute approximate surface area is 145 Å². The number of aromatic nitrogens is 2. The summed E-state index contributed by atoms with van der Waals surface area (Å²) in [7, 11) is 0. The highest BCUT2D eigenvalue weighted by atomic mass is 16.1. The van der Waals surface area contributed by atoms with Gasteiger partial charge in [0.2, 0.25) is 0 Å². The van der Waals surface area contributed by atoms with Crippen LogP contribution in [0.25, 0.3) is 11.7 Å². The van der Waals surface area contributed by atoms with E-state index in [9.17, 15) is 9.59 Å². The number of hydrogen-bond acceptors (Lipinski definition) is 5. The highest BCUT2D eigenvalue weighted by Gasteiger charge is 2.21. The molecule has 0 unspecified atom stereocenters. The van der Waals surface area contributed by atoms with Crippen LogP contribution in [0.5, 0.6) is 0 Å². The lowest BCUT2D eigenvalue weighted by molar-refractivity contribution is -0.114. The maximum Gasteiger partial charge on any atom is 0.267 e. The Bertz CT molecular complexity index is 962. The van der Waals surface area contributed by atoms with Crippen LogP contribution < -0.4 is 16.2 Å². The number of rotatable bonds is 3. The quantitative estimate of drug-likeness (QED) is 0.673. The summed E-state index contributed by atoms with van der Waals surface area (Å²) in [5.41, 5.74) is 6.34. The third-order valence-electron chi connectivity index (χ3n) is 4.39. The number of hydrogen-bond donors (Lipinski definition) is 1. The number of carbonyl (C=O) groups excluding carboxylic acids is 1. The van der Waals surface area contributed by atoms with E-state index < -0.39 is 5.91 Å². The molecular formula is C18H19N5O2. The third kappa shape index (κ3) is 3.11. The monoisotopic (exact) mass is 337 g/mol. The van der Waals surface area contributed by atoms with Crippen molar-refractivity contribution in [2.45, 2.75) is 26.2 Å². The van der Waals surface area contributed by atoms with Gasteiger partial charge in [0.15, 0.2) is 0 Å². The molecular weight excluding hydrogens is 318 g/mol. The zero-order chi connectivity index (χ0) is 18.0. The Hall–Kier alpha value is -3.14. The molecule has 128 valence electrons. The van der Waals surface area contributed by atoms with E-state index in [-0.39, 0.29) is 16.7 Å². The van der Waals surface area contributed by atoms with Crippen molar-refractivity contribution in [1.29, 1.82) is 5.26 Å². The molecule has 1 saturated heterocycles. The SMILES string of the molecule is Cc1cccn2c(=O)c(/C=C(/C#N)C(N)=O)c(N3CCCCC3)nc12. The zero-order valence-electron chi connectivity index (χ0n) is 14.0. The molecule has 7 nitrogen and oxygen atoms in total. The number of nitriles is 1. The molecule has 0 radical (unpaired) electrons. The minimum absolute atomic E-state index is 0.223. The molecule has 0 bridgehead atoms. The molecule has 0 atom stereocenters. The van der Waals surface area contributed by atoms with Crippen molar-refractivity contribution in [2.24, 2.45) is 5.73 Å². The number of carbonyl (C=O) groups is 1. The van der Waals surface area contributed by atoms with E-state index in [2.05, 4.69) is 4.98 Å². The first-order valence-corrected chi connectivity index (χ1v) is 8.21. The van der Waals surface area contributed by atoms with Crippen LogP contribution in [0.1, 0.15) is 30.4 Å². The van der Waals surface area contributed by atoms with E-state index in [0.29, 0.717) is 11.5 Å². The van der Waals surface area contributed by atoms with Crippen molar-refractivity contribution in [3.63, 3.8) is 0 Å². The number of amides is 1. The summed E-state index contributed by atoms with van der Waals surface area (Å²) in [5.74, 6) is -0.353. The number of primary amides is 1. The maximum atomic E-state index is 13.0. The van der Waals surface area contributed by atoms with Gasteiger partial charge in [-0.25, -0.2) is 4.98 Å². The van der Waals surface area contributed by atoms with Crippen molar-refractivity contribution in [3.8, 4) is 6.07 Å². The number of pyridine rings is 1. The normalized spacial score (nSPS) is 15.2. The number of piperidine rings is 1. The molecule has 0 saturated carbocycles. The van der Waals surface area contributed by atoms with Crippen LogP contribution in [-0.4, -0.2) is 28.4 Å². The second-order valence-corrected chi connectivity index (χ2v) is 6.12. The van der Waals surface area contributed by atoms with E-state index in [1.165, 1.54) is 10.5 Å². The highest BCUT2D eigenvalue weighted by molar-refractivity contribution is 6.01. The molecule has 7 heteroatoms. The fraction of sp³-hybridized carbons (Fsp3) is 0.333. The average molecular weight is 337 g/mol. The molecule has 3 heterocycles. The van der Waals surface area contributed by atoms with Gasteiger partial charge in [-0.2, -0.15) is 5.26 Å². The van der Waals surface area contributed by atoms with Crippen molar-refractivity contribution >= 4 is 23.4 Å². The minimum Gasteiger partial charge on any atom is -0.365 e. The summed E-state index contributed by atoms with van der Waals surface area (Å²) in [4.78, 5) is 31.2. The molecule has 1 aliphatic rings. The van der Waals surface area contributed by atoms with E-state index in [4.69, 9.17) is 11.0 Å². The van der Waals surface area contributed by atoms with Crippen LogP contribution in [0.2, 0.25) is 0 Å². The van der Waals surface area contributed by atoms with Crippen molar-refractivity contribution in [3.05, 3.63) is 45.4 Å². The first kappa shape index (κ1) is 16.7. The molecule has 0 spiro atoms. The lowest BCUT2D eigenvalue weighted by Crippen LogP contribution is -2.33. The van der Waals surface area contributed by atoms with Crippen LogP contribution in [0.15, 0.2) is 28.7 Å². The van der Waals surface area contributed by atoms with Crippen LogP contribution in [0, 0.1) is 18.3 Å². The van der Waals surface area contributed by atoms with Crippen LogP contribution in [-0.2, 0) is 4.79 Å². The number of nitrogens with two attached hydrogens (primary N) is 1. The highest BCUT2D eigenvalue weighted by Crippen LogP contribution is 2.23. The second-order valence-electron chi connectivity index (χ2n) is 6.12. The van der Waals surface area contributed by atoms with Crippen molar-refractivity contribution < 1.29 is 4.79 Å². The smallest absolute Gasteiger partial charge is 0.267 e. The van der Waals surface area contributed by atoms with Gasteiger partial charge in [0, 0.05) is 19.3 Å². The summed E-state index contributed by atoms with van der Waals surface area (Å²) in [6, 6.07) is 5.41. The Kier molecular flexibility index (Phi) is 4.52. The first-order chi connectivity index (χ1) is 12.0. The molecule has 2 N–H and O–H groups in total. The summed E-state index contributed by atoms with van der Waals surface area (Å²) >= 11 is 0. The summed E-state index contributed by atoms with van der Waals surface area (Å²) in [6.07, 6.45) is 6.05.